The highest BCUT2D eigenvalue weighted by Crippen LogP contribution is 2.36. The van der Waals surface area contributed by atoms with Crippen molar-refractivity contribution < 1.29 is 5.11 Å². The summed E-state index contributed by atoms with van der Waals surface area (Å²) >= 11 is 3.64. The van der Waals surface area contributed by atoms with Crippen LogP contribution in [0.25, 0.3) is 0 Å². The monoisotopic (exact) mass is 313 g/mol. The number of para-hydroxylation sites is 1. The van der Waals surface area contributed by atoms with Crippen molar-refractivity contribution in [2.24, 2.45) is 5.92 Å². The molecule has 1 aromatic rings. The second kappa shape index (κ2) is 5.96. The molecule has 0 bridgehead atoms. The fourth-order valence-electron chi connectivity index (χ4n) is 1.73. The van der Waals surface area contributed by atoms with Gasteiger partial charge in [0.1, 0.15) is 5.75 Å². The number of anilines is 1. The first-order valence-electron chi connectivity index (χ1n) is 6.44. The third kappa shape index (κ3) is 3.91. The Morgan fingerprint density at radius 3 is 2.39 bits per heavy atom. The van der Waals surface area contributed by atoms with Gasteiger partial charge in [-0.1, -0.05) is 62.7 Å². The van der Waals surface area contributed by atoms with Crippen LogP contribution in [0.2, 0.25) is 0 Å². The number of phenolic OH excluding ortho intramolecular Hbond substituents is 1. The second-order valence-electron chi connectivity index (χ2n) is 6.09. The number of hydrogen-bond donors (Lipinski definition) is 2. The van der Waals surface area contributed by atoms with Crippen LogP contribution in [0.3, 0.4) is 0 Å². The van der Waals surface area contributed by atoms with Crippen LogP contribution in [0, 0.1) is 5.92 Å². The zero-order valence-electron chi connectivity index (χ0n) is 11.9. The fraction of sp³-hybridized carbons (Fsp3) is 0.600. The fourth-order valence-corrected chi connectivity index (χ4v) is 1.90. The van der Waals surface area contributed by atoms with E-state index in [0.29, 0.717) is 16.5 Å². The van der Waals surface area contributed by atoms with Gasteiger partial charge < -0.3 is 10.4 Å². The van der Waals surface area contributed by atoms with E-state index in [2.05, 4.69) is 55.9 Å². The lowest BCUT2D eigenvalue weighted by Crippen LogP contribution is -2.19. The normalized spacial score (nSPS) is 13.7. The smallest absolute Gasteiger partial charge is 0.142 e. The maximum Gasteiger partial charge on any atom is 0.142 e. The lowest BCUT2D eigenvalue weighted by molar-refractivity contribution is 0.448. The van der Waals surface area contributed by atoms with E-state index in [4.69, 9.17) is 0 Å². The van der Waals surface area contributed by atoms with Crippen molar-refractivity contribution in [3.8, 4) is 5.75 Å². The van der Waals surface area contributed by atoms with Gasteiger partial charge in [0.15, 0.2) is 0 Å². The first-order chi connectivity index (χ1) is 8.23. The molecule has 0 aliphatic heterocycles. The molecule has 0 aliphatic carbocycles. The number of halogens is 1. The summed E-state index contributed by atoms with van der Waals surface area (Å²) in [5, 5.41) is 13.6. The molecule has 0 saturated carbocycles. The van der Waals surface area contributed by atoms with E-state index in [1.54, 1.807) is 0 Å². The molecule has 1 atom stereocenters. The highest BCUT2D eigenvalue weighted by Gasteiger charge is 2.20. The summed E-state index contributed by atoms with van der Waals surface area (Å²) in [4.78, 5) is 0.398. The first kappa shape index (κ1) is 15.4. The Kier molecular flexibility index (Phi) is 5.09. The van der Waals surface area contributed by atoms with Gasteiger partial charge in [0.2, 0.25) is 0 Å². The van der Waals surface area contributed by atoms with Crippen LogP contribution in [0.15, 0.2) is 18.2 Å². The zero-order chi connectivity index (χ0) is 13.9. The minimum Gasteiger partial charge on any atom is -0.505 e. The number of phenols is 1. The number of nitrogens with one attached hydrogen (secondary N) is 1. The summed E-state index contributed by atoms with van der Waals surface area (Å²) in [7, 11) is 0. The number of rotatable bonds is 4. The van der Waals surface area contributed by atoms with Gasteiger partial charge in [0, 0.05) is 16.9 Å². The van der Waals surface area contributed by atoms with Crippen LogP contribution in [-0.2, 0) is 5.41 Å². The van der Waals surface area contributed by atoms with Crippen LogP contribution in [0.5, 0.6) is 5.75 Å². The van der Waals surface area contributed by atoms with Crippen LogP contribution in [-0.4, -0.2) is 16.5 Å². The first-order valence-corrected chi connectivity index (χ1v) is 7.35. The number of alkyl halides is 1. The summed E-state index contributed by atoms with van der Waals surface area (Å²) in [5.41, 5.74) is 1.74. The molecule has 1 aromatic carbocycles. The molecule has 0 saturated heterocycles. The Morgan fingerprint density at radius 1 is 1.28 bits per heavy atom. The molecule has 1 unspecified atom stereocenters. The summed E-state index contributed by atoms with van der Waals surface area (Å²) in [5.74, 6) is 0.930. The van der Waals surface area contributed by atoms with Gasteiger partial charge in [-0.2, -0.15) is 0 Å². The Balaban J connectivity index is 2.85. The average Bonchev–Trinajstić information content (AvgIpc) is 2.25. The van der Waals surface area contributed by atoms with E-state index < -0.39 is 0 Å². The lowest BCUT2D eigenvalue weighted by atomic mass is 9.86. The molecule has 0 aliphatic rings. The van der Waals surface area contributed by atoms with E-state index in [9.17, 15) is 5.11 Å². The Labute approximate surface area is 119 Å². The average molecular weight is 314 g/mol. The molecule has 0 spiro atoms. The largest absolute Gasteiger partial charge is 0.505 e. The molecule has 2 nitrogen and oxygen atoms in total. The van der Waals surface area contributed by atoms with Gasteiger partial charge in [-0.25, -0.2) is 0 Å². The summed E-state index contributed by atoms with van der Waals surface area (Å²) < 4.78 is 0. The second-order valence-corrected chi connectivity index (χ2v) is 7.27. The Bertz CT molecular complexity index is 396. The van der Waals surface area contributed by atoms with Gasteiger partial charge in [0.05, 0.1) is 5.69 Å². The molecule has 0 aromatic heterocycles. The highest BCUT2D eigenvalue weighted by molar-refractivity contribution is 9.09. The minimum absolute atomic E-state index is 0.0480. The van der Waals surface area contributed by atoms with Crippen molar-refractivity contribution in [3.05, 3.63) is 23.8 Å². The summed E-state index contributed by atoms with van der Waals surface area (Å²) in [6, 6.07) is 5.89. The molecule has 102 valence electrons. The van der Waals surface area contributed by atoms with Crippen molar-refractivity contribution in [1.29, 1.82) is 0 Å². The number of benzene rings is 1. The van der Waals surface area contributed by atoms with E-state index in [-0.39, 0.29) is 5.41 Å². The molecule has 2 N–H and O–H groups in total. The molecule has 0 radical (unpaired) electrons. The van der Waals surface area contributed by atoms with E-state index in [1.165, 1.54) is 0 Å². The third-order valence-corrected chi connectivity index (χ3v) is 4.44. The summed E-state index contributed by atoms with van der Waals surface area (Å²) in [6.07, 6.45) is 0. The minimum atomic E-state index is -0.0480. The third-order valence-electron chi connectivity index (χ3n) is 3.05. The van der Waals surface area contributed by atoms with Crippen LogP contribution in [0.1, 0.15) is 40.2 Å². The van der Waals surface area contributed by atoms with Gasteiger partial charge in [0.25, 0.3) is 0 Å². The van der Waals surface area contributed by atoms with Crippen molar-refractivity contribution in [3.63, 3.8) is 0 Å². The molecular weight excluding hydrogens is 290 g/mol. The van der Waals surface area contributed by atoms with E-state index in [0.717, 1.165) is 17.8 Å². The summed E-state index contributed by atoms with van der Waals surface area (Å²) in [6.45, 7) is 11.5. The maximum atomic E-state index is 10.3. The molecule has 18 heavy (non-hydrogen) atoms. The van der Waals surface area contributed by atoms with Crippen molar-refractivity contribution in [1.82, 2.24) is 0 Å². The molecular formula is C15H24BrNO. The van der Waals surface area contributed by atoms with Gasteiger partial charge >= 0.3 is 0 Å². The highest BCUT2D eigenvalue weighted by atomic mass is 79.9. The predicted octanol–water partition coefficient (Wildman–Crippen LogP) is 4.52. The van der Waals surface area contributed by atoms with Gasteiger partial charge in [-0.05, 0) is 17.4 Å². The van der Waals surface area contributed by atoms with Gasteiger partial charge in [-0.15, -0.1) is 0 Å². The van der Waals surface area contributed by atoms with E-state index in [1.807, 2.05) is 18.2 Å². The molecule has 0 amide bonds. The number of hydrogen-bond acceptors (Lipinski definition) is 2. The number of aromatic hydroxyl groups is 1. The van der Waals surface area contributed by atoms with E-state index >= 15 is 0 Å². The lowest BCUT2D eigenvalue weighted by Gasteiger charge is -2.23. The van der Waals surface area contributed by atoms with Crippen molar-refractivity contribution in [2.45, 2.75) is 44.9 Å². The van der Waals surface area contributed by atoms with Crippen molar-refractivity contribution >= 4 is 21.6 Å². The Hall–Kier alpha value is -0.700. The molecule has 1 rings (SSSR count). The van der Waals surface area contributed by atoms with Crippen LogP contribution in [0.4, 0.5) is 5.69 Å². The van der Waals surface area contributed by atoms with Crippen LogP contribution < -0.4 is 5.32 Å². The maximum absolute atomic E-state index is 10.3. The van der Waals surface area contributed by atoms with Crippen LogP contribution >= 0.6 is 15.9 Å². The molecule has 0 heterocycles. The zero-order valence-corrected chi connectivity index (χ0v) is 13.5. The molecule has 0 fully saturated rings. The van der Waals surface area contributed by atoms with Crippen molar-refractivity contribution in [2.75, 3.05) is 11.9 Å². The standard InChI is InChI=1S/C15H24BrNO/c1-10(2)12(16)9-17-13-8-6-7-11(14(13)18)15(3,4)5/h6-8,10,12,17-18H,9H2,1-5H3. The quantitative estimate of drug-likeness (QED) is 0.632. The van der Waals surface area contributed by atoms with Gasteiger partial charge in [-0.3, -0.25) is 0 Å². The SMILES string of the molecule is CC(C)C(Br)CNc1cccc(C(C)(C)C)c1O. The molecule has 3 heteroatoms. The Morgan fingerprint density at radius 2 is 1.89 bits per heavy atom. The topological polar surface area (TPSA) is 32.3 Å². The predicted molar refractivity (Wildman–Crippen MR) is 82.8 cm³/mol.